The first-order valence-electron chi connectivity index (χ1n) is 8.84. The summed E-state index contributed by atoms with van der Waals surface area (Å²) in [5, 5.41) is -0.0112. The first-order chi connectivity index (χ1) is 13.0. The van der Waals surface area contributed by atoms with Gasteiger partial charge in [-0.3, -0.25) is 4.79 Å². The highest BCUT2D eigenvalue weighted by Gasteiger charge is 2.25. The average Bonchev–Trinajstić information content (AvgIpc) is 2.67. The summed E-state index contributed by atoms with van der Waals surface area (Å²) >= 11 is 1.24. The number of thioether (sulfide) groups is 1. The van der Waals surface area contributed by atoms with Crippen molar-refractivity contribution in [1.82, 2.24) is 9.97 Å². The number of aromatic nitrogens is 2. The Morgan fingerprint density at radius 1 is 1.22 bits per heavy atom. The third-order valence-electron chi connectivity index (χ3n) is 3.84. The lowest BCUT2D eigenvalue weighted by atomic mass is 10.2. The van der Waals surface area contributed by atoms with Crippen LogP contribution < -0.4 is 10.6 Å². The van der Waals surface area contributed by atoms with Gasteiger partial charge in [-0.15, -0.1) is 0 Å². The number of anilines is 2. The topological polar surface area (TPSA) is 98.4 Å². The van der Waals surface area contributed by atoms with Crippen molar-refractivity contribution in [2.75, 3.05) is 23.8 Å². The summed E-state index contributed by atoms with van der Waals surface area (Å²) < 4.78 is 4.92. The van der Waals surface area contributed by atoms with Crippen LogP contribution in [-0.4, -0.2) is 40.2 Å². The fourth-order valence-corrected chi connectivity index (χ4v) is 3.40. The molecule has 0 aliphatic carbocycles. The monoisotopic (exact) mass is 388 g/mol. The van der Waals surface area contributed by atoms with Crippen molar-refractivity contribution in [3.8, 4) is 0 Å². The minimum atomic E-state index is -0.559. The third-order valence-corrected chi connectivity index (χ3v) is 5.06. The quantitative estimate of drug-likeness (QED) is 0.421. The number of nitrogens with zero attached hydrogens (tertiary/aromatic N) is 3. The van der Waals surface area contributed by atoms with Gasteiger partial charge in [0.05, 0.1) is 11.9 Å². The summed E-state index contributed by atoms with van der Waals surface area (Å²) in [6.45, 7) is 6.39. The Morgan fingerprint density at radius 3 is 2.48 bits per heavy atom. The highest BCUT2D eigenvalue weighted by atomic mass is 32.2. The zero-order chi connectivity index (χ0) is 19.8. The molecule has 0 radical (unpaired) electrons. The SMILES string of the molecule is CCOC(=O)c1cnc(SC(CC)C(=O)N(CC)c2ccccc2)nc1N. The summed E-state index contributed by atoms with van der Waals surface area (Å²) in [5.41, 5.74) is 6.84. The molecule has 1 atom stereocenters. The molecule has 144 valence electrons. The molecule has 0 aliphatic heterocycles. The predicted molar refractivity (Wildman–Crippen MR) is 107 cm³/mol. The summed E-state index contributed by atoms with van der Waals surface area (Å²) in [6.07, 6.45) is 1.95. The lowest BCUT2D eigenvalue weighted by Crippen LogP contribution is -2.37. The number of hydrogen-bond donors (Lipinski definition) is 1. The molecule has 0 saturated carbocycles. The molecule has 0 saturated heterocycles. The summed E-state index contributed by atoms with van der Waals surface area (Å²) in [5.74, 6) is -0.535. The van der Waals surface area contributed by atoms with E-state index in [1.807, 2.05) is 44.2 Å². The maximum atomic E-state index is 13.0. The molecule has 0 spiro atoms. The van der Waals surface area contributed by atoms with Crippen molar-refractivity contribution < 1.29 is 14.3 Å². The smallest absolute Gasteiger partial charge is 0.343 e. The van der Waals surface area contributed by atoms with Gasteiger partial charge in [0, 0.05) is 18.4 Å². The fraction of sp³-hybridized carbons (Fsp3) is 0.368. The van der Waals surface area contributed by atoms with Crippen molar-refractivity contribution in [1.29, 1.82) is 0 Å². The van der Waals surface area contributed by atoms with Crippen molar-refractivity contribution in [3.63, 3.8) is 0 Å². The number of ether oxygens (including phenoxy) is 1. The number of rotatable bonds is 8. The number of hydrogen-bond acceptors (Lipinski definition) is 7. The minimum Gasteiger partial charge on any atom is -0.462 e. The highest BCUT2D eigenvalue weighted by molar-refractivity contribution is 8.00. The van der Waals surface area contributed by atoms with Crippen LogP contribution in [0.25, 0.3) is 0 Å². The Balaban J connectivity index is 2.17. The number of amides is 1. The molecular formula is C19H24N4O3S. The molecule has 0 aliphatic rings. The molecule has 1 unspecified atom stereocenters. The minimum absolute atomic E-state index is 0.0205. The van der Waals surface area contributed by atoms with E-state index >= 15 is 0 Å². The van der Waals surface area contributed by atoms with E-state index in [9.17, 15) is 9.59 Å². The van der Waals surface area contributed by atoms with Gasteiger partial charge in [0.15, 0.2) is 5.16 Å². The van der Waals surface area contributed by atoms with E-state index in [2.05, 4.69) is 9.97 Å². The first kappa shape index (κ1) is 20.7. The van der Waals surface area contributed by atoms with Gasteiger partial charge in [0.25, 0.3) is 0 Å². The molecule has 1 amide bonds. The van der Waals surface area contributed by atoms with Crippen LogP contribution >= 0.6 is 11.8 Å². The summed E-state index contributed by atoms with van der Waals surface area (Å²) in [4.78, 5) is 34.9. The predicted octanol–water partition coefficient (Wildman–Crippen LogP) is 3.16. The molecule has 7 nitrogen and oxygen atoms in total. The lowest BCUT2D eigenvalue weighted by molar-refractivity contribution is -0.118. The second kappa shape index (κ2) is 9.91. The largest absolute Gasteiger partial charge is 0.462 e. The standard InChI is InChI=1S/C19H24N4O3S/c1-4-15(17(24)23(5-2)13-10-8-7-9-11-13)27-19-21-12-14(16(20)22-19)18(25)26-6-3/h7-12,15H,4-6H2,1-3H3,(H2,20,21,22). The number of carbonyl (C=O) groups is 2. The highest BCUT2D eigenvalue weighted by Crippen LogP contribution is 2.27. The second-order valence-electron chi connectivity index (χ2n) is 5.60. The number of para-hydroxylation sites is 1. The second-order valence-corrected chi connectivity index (χ2v) is 6.77. The van der Waals surface area contributed by atoms with Crippen molar-refractivity contribution in [2.24, 2.45) is 0 Å². The van der Waals surface area contributed by atoms with E-state index in [1.54, 1.807) is 11.8 Å². The van der Waals surface area contributed by atoms with E-state index in [4.69, 9.17) is 10.5 Å². The summed E-state index contributed by atoms with van der Waals surface area (Å²) in [6, 6.07) is 9.52. The molecule has 8 heteroatoms. The van der Waals surface area contributed by atoms with E-state index in [-0.39, 0.29) is 29.1 Å². The molecule has 1 heterocycles. The summed E-state index contributed by atoms with van der Waals surface area (Å²) in [7, 11) is 0. The maximum absolute atomic E-state index is 13.0. The molecule has 1 aromatic heterocycles. The Hall–Kier alpha value is -2.61. The van der Waals surface area contributed by atoms with Gasteiger partial charge < -0.3 is 15.4 Å². The zero-order valence-corrected chi connectivity index (χ0v) is 16.5. The molecule has 2 aromatic rings. The Bertz CT molecular complexity index is 786. The van der Waals surface area contributed by atoms with Gasteiger partial charge in [-0.1, -0.05) is 36.9 Å². The van der Waals surface area contributed by atoms with Crippen LogP contribution in [0.3, 0.4) is 0 Å². The van der Waals surface area contributed by atoms with Crippen LogP contribution in [0.5, 0.6) is 0 Å². The molecule has 27 heavy (non-hydrogen) atoms. The molecule has 1 aromatic carbocycles. The maximum Gasteiger partial charge on any atom is 0.343 e. The molecule has 2 N–H and O–H groups in total. The van der Waals surface area contributed by atoms with E-state index in [1.165, 1.54) is 18.0 Å². The van der Waals surface area contributed by atoms with Crippen molar-refractivity contribution in [3.05, 3.63) is 42.1 Å². The van der Waals surface area contributed by atoms with Crippen molar-refractivity contribution in [2.45, 2.75) is 37.6 Å². The Kier molecular flexibility index (Phi) is 7.60. The van der Waals surface area contributed by atoms with Crippen molar-refractivity contribution >= 4 is 35.1 Å². The lowest BCUT2D eigenvalue weighted by Gasteiger charge is -2.25. The normalized spacial score (nSPS) is 11.7. The van der Waals surface area contributed by atoms with E-state index in [0.717, 1.165) is 5.69 Å². The van der Waals surface area contributed by atoms with Gasteiger partial charge in [0.1, 0.15) is 11.4 Å². The van der Waals surface area contributed by atoms with Crippen LogP contribution in [0.2, 0.25) is 0 Å². The van der Waals surface area contributed by atoms with Crippen LogP contribution in [-0.2, 0) is 9.53 Å². The van der Waals surface area contributed by atoms with Gasteiger partial charge in [-0.05, 0) is 32.4 Å². The molecule has 2 rings (SSSR count). The van der Waals surface area contributed by atoms with Gasteiger partial charge in [0.2, 0.25) is 5.91 Å². The van der Waals surface area contributed by atoms with Crippen LogP contribution in [0.4, 0.5) is 11.5 Å². The van der Waals surface area contributed by atoms with Crippen LogP contribution in [0.1, 0.15) is 37.6 Å². The average molecular weight is 388 g/mol. The molecule has 0 bridgehead atoms. The number of carbonyl (C=O) groups excluding carboxylic acids is 2. The van der Waals surface area contributed by atoms with Gasteiger partial charge in [-0.2, -0.15) is 0 Å². The first-order valence-corrected chi connectivity index (χ1v) is 9.72. The van der Waals surface area contributed by atoms with Crippen LogP contribution in [0.15, 0.2) is 41.7 Å². The fourth-order valence-electron chi connectivity index (χ4n) is 2.48. The zero-order valence-electron chi connectivity index (χ0n) is 15.7. The number of nitrogen functional groups attached to an aromatic ring is 1. The van der Waals surface area contributed by atoms with Gasteiger partial charge in [-0.25, -0.2) is 14.8 Å². The molecular weight excluding hydrogens is 364 g/mol. The number of nitrogens with two attached hydrogens (primary N) is 1. The Morgan fingerprint density at radius 2 is 1.93 bits per heavy atom. The van der Waals surface area contributed by atoms with E-state index in [0.29, 0.717) is 18.1 Å². The van der Waals surface area contributed by atoms with Crippen LogP contribution in [0, 0.1) is 0 Å². The molecule has 0 fully saturated rings. The third kappa shape index (κ3) is 5.19. The van der Waals surface area contributed by atoms with Gasteiger partial charge >= 0.3 is 5.97 Å². The Labute approximate surface area is 163 Å². The van der Waals surface area contributed by atoms with E-state index < -0.39 is 5.97 Å². The number of esters is 1. The number of benzene rings is 1.